The third-order valence-corrected chi connectivity index (χ3v) is 4.25. The van der Waals surface area contributed by atoms with Gasteiger partial charge in [-0.25, -0.2) is 0 Å². The lowest BCUT2D eigenvalue weighted by atomic mass is 10.0. The van der Waals surface area contributed by atoms with Crippen LogP contribution in [0.15, 0.2) is 48.7 Å². The lowest BCUT2D eigenvalue weighted by Crippen LogP contribution is -2.35. The van der Waals surface area contributed by atoms with Gasteiger partial charge in [0.15, 0.2) is 0 Å². The van der Waals surface area contributed by atoms with E-state index in [0.29, 0.717) is 6.04 Å². The van der Waals surface area contributed by atoms with Crippen LogP contribution in [0.3, 0.4) is 0 Å². The molecule has 1 aliphatic heterocycles. The maximum atomic E-state index is 10.5. The van der Waals surface area contributed by atoms with Gasteiger partial charge in [-0.05, 0) is 43.4 Å². The summed E-state index contributed by atoms with van der Waals surface area (Å²) in [7, 11) is 0. The van der Waals surface area contributed by atoms with E-state index in [1.54, 1.807) is 0 Å². The largest absolute Gasteiger partial charge is 0.387 e. The van der Waals surface area contributed by atoms with Gasteiger partial charge in [0.25, 0.3) is 0 Å². The summed E-state index contributed by atoms with van der Waals surface area (Å²) in [5.74, 6) is 0. The molecular weight excluding hydrogens is 260 g/mol. The van der Waals surface area contributed by atoms with Gasteiger partial charge in [-0.2, -0.15) is 0 Å². The first kappa shape index (κ1) is 14.2. The molecule has 1 aliphatic rings. The first-order chi connectivity index (χ1) is 10.2. The van der Waals surface area contributed by atoms with Gasteiger partial charge in [0.05, 0.1) is 6.10 Å². The molecule has 3 nitrogen and oxygen atoms in total. The number of benzene rings is 1. The fourth-order valence-corrected chi connectivity index (χ4v) is 3.05. The number of aliphatic hydroxyl groups is 1. The summed E-state index contributed by atoms with van der Waals surface area (Å²) < 4.78 is 0. The average molecular weight is 282 g/mol. The second-order valence-corrected chi connectivity index (χ2v) is 5.91. The monoisotopic (exact) mass is 282 g/mol. The third kappa shape index (κ3) is 3.49. The molecule has 1 aromatic heterocycles. The maximum Gasteiger partial charge on any atom is 0.0943 e. The Balaban J connectivity index is 1.59. The predicted molar refractivity (Wildman–Crippen MR) is 84.0 cm³/mol. The standard InChI is InChI=1S/C18H22N2O/c1-13-7-8-14(12-19-13)11-16-9-10-17(20-16)18(21)15-5-3-2-4-6-15/h2-8,12,16-18,20-21H,9-11H2,1H3/t16-,17?,18+/m0/s1. The average Bonchev–Trinajstić information content (AvgIpc) is 2.98. The Morgan fingerprint density at radius 1 is 1.19 bits per heavy atom. The van der Waals surface area contributed by atoms with Gasteiger partial charge in [0.2, 0.25) is 0 Å². The molecule has 0 aliphatic carbocycles. The Morgan fingerprint density at radius 3 is 2.71 bits per heavy atom. The number of nitrogens with zero attached hydrogens (tertiary/aromatic N) is 1. The Morgan fingerprint density at radius 2 is 2.00 bits per heavy atom. The van der Waals surface area contributed by atoms with Crippen molar-refractivity contribution in [3.05, 3.63) is 65.5 Å². The number of hydrogen-bond acceptors (Lipinski definition) is 3. The van der Waals surface area contributed by atoms with E-state index in [9.17, 15) is 5.11 Å². The fourth-order valence-electron chi connectivity index (χ4n) is 3.05. The number of aliphatic hydroxyl groups excluding tert-OH is 1. The van der Waals surface area contributed by atoms with Crippen molar-refractivity contribution >= 4 is 0 Å². The van der Waals surface area contributed by atoms with Crippen LogP contribution in [0.5, 0.6) is 0 Å². The number of nitrogens with one attached hydrogen (secondary N) is 1. The molecule has 110 valence electrons. The second kappa shape index (κ2) is 6.37. The van der Waals surface area contributed by atoms with Crippen LogP contribution in [0.4, 0.5) is 0 Å². The SMILES string of the molecule is Cc1ccc(C[C@@H]2CCC([C@H](O)c3ccccc3)N2)cn1. The van der Waals surface area contributed by atoms with Crippen LogP contribution in [0.1, 0.15) is 35.8 Å². The zero-order valence-electron chi connectivity index (χ0n) is 12.4. The van der Waals surface area contributed by atoms with Gasteiger partial charge < -0.3 is 10.4 Å². The summed E-state index contributed by atoms with van der Waals surface area (Å²) >= 11 is 0. The summed E-state index contributed by atoms with van der Waals surface area (Å²) in [6.07, 6.45) is 4.62. The Hall–Kier alpha value is -1.71. The molecule has 3 atom stereocenters. The van der Waals surface area contributed by atoms with Crippen molar-refractivity contribution in [1.82, 2.24) is 10.3 Å². The summed E-state index contributed by atoms with van der Waals surface area (Å²) in [6, 6.07) is 14.7. The smallest absolute Gasteiger partial charge is 0.0943 e. The molecule has 3 rings (SSSR count). The van der Waals surface area contributed by atoms with E-state index < -0.39 is 6.10 Å². The van der Waals surface area contributed by atoms with Gasteiger partial charge in [0.1, 0.15) is 0 Å². The van der Waals surface area contributed by atoms with Gasteiger partial charge in [-0.15, -0.1) is 0 Å². The van der Waals surface area contributed by atoms with Crippen molar-refractivity contribution in [3.63, 3.8) is 0 Å². The first-order valence-corrected chi connectivity index (χ1v) is 7.63. The minimum atomic E-state index is -0.424. The van der Waals surface area contributed by atoms with Gasteiger partial charge in [-0.3, -0.25) is 4.98 Å². The third-order valence-electron chi connectivity index (χ3n) is 4.25. The van der Waals surface area contributed by atoms with Crippen LogP contribution in [0, 0.1) is 6.92 Å². The van der Waals surface area contributed by atoms with Crippen molar-refractivity contribution < 1.29 is 5.11 Å². The zero-order chi connectivity index (χ0) is 14.7. The van der Waals surface area contributed by atoms with Gasteiger partial charge >= 0.3 is 0 Å². The van der Waals surface area contributed by atoms with Crippen molar-refractivity contribution in [2.75, 3.05) is 0 Å². The highest BCUT2D eigenvalue weighted by molar-refractivity contribution is 5.20. The molecular formula is C18H22N2O. The molecule has 2 heterocycles. The molecule has 0 saturated carbocycles. The molecule has 0 spiro atoms. The fraction of sp³-hybridized carbons (Fsp3) is 0.389. The molecule has 0 amide bonds. The van der Waals surface area contributed by atoms with E-state index in [4.69, 9.17) is 0 Å². The van der Waals surface area contributed by atoms with Crippen LogP contribution in [-0.2, 0) is 6.42 Å². The van der Waals surface area contributed by atoms with E-state index in [2.05, 4.69) is 22.4 Å². The van der Waals surface area contributed by atoms with E-state index in [-0.39, 0.29) is 6.04 Å². The van der Waals surface area contributed by atoms with Crippen LogP contribution in [0.2, 0.25) is 0 Å². The van der Waals surface area contributed by atoms with Crippen molar-refractivity contribution in [2.24, 2.45) is 0 Å². The van der Waals surface area contributed by atoms with Crippen molar-refractivity contribution in [2.45, 2.75) is 44.4 Å². The minimum Gasteiger partial charge on any atom is -0.387 e. The quantitative estimate of drug-likeness (QED) is 0.906. The molecule has 1 aromatic carbocycles. The maximum absolute atomic E-state index is 10.5. The highest BCUT2D eigenvalue weighted by atomic mass is 16.3. The molecule has 0 bridgehead atoms. The van der Waals surface area contributed by atoms with E-state index >= 15 is 0 Å². The van der Waals surface area contributed by atoms with Crippen LogP contribution >= 0.6 is 0 Å². The Labute approximate surface area is 126 Å². The number of pyridine rings is 1. The molecule has 2 aromatic rings. The lowest BCUT2D eigenvalue weighted by Gasteiger charge is -2.20. The predicted octanol–water partition coefficient (Wildman–Crippen LogP) is 2.79. The normalized spacial score (nSPS) is 23.1. The molecule has 1 saturated heterocycles. The topological polar surface area (TPSA) is 45.1 Å². The van der Waals surface area contributed by atoms with Crippen LogP contribution in [-0.4, -0.2) is 22.2 Å². The zero-order valence-corrected chi connectivity index (χ0v) is 12.4. The Bertz CT molecular complexity index is 568. The highest BCUT2D eigenvalue weighted by Crippen LogP contribution is 2.26. The van der Waals surface area contributed by atoms with Crippen molar-refractivity contribution in [3.8, 4) is 0 Å². The van der Waals surface area contributed by atoms with Gasteiger partial charge in [-0.1, -0.05) is 36.4 Å². The summed E-state index contributed by atoms with van der Waals surface area (Å²) in [5.41, 5.74) is 3.30. The molecule has 21 heavy (non-hydrogen) atoms. The molecule has 0 radical (unpaired) electrons. The first-order valence-electron chi connectivity index (χ1n) is 7.63. The summed E-state index contributed by atoms with van der Waals surface area (Å²) in [5, 5.41) is 14.0. The van der Waals surface area contributed by atoms with Crippen LogP contribution < -0.4 is 5.32 Å². The van der Waals surface area contributed by atoms with Crippen LogP contribution in [0.25, 0.3) is 0 Å². The molecule has 2 N–H and O–H groups in total. The number of hydrogen-bond donors (Lipinski definition) is 2. The summed E-state index contributed by atoms with van der Waals surface area (Å²) in [6.45, 7) is 2.00. The number of aromatic nitrogens is 1. The Kier molecular flexibility index (Phi) is 4.32. The van der Waals surface area contributed by atoms with E-state index in [1.165, 1.54) is 5.56 Å². The lowest BCUT2D eigenvalue weighted by molar-refractivity contribution is 0.135. The van der Waals surface area contributed by atoms with E-state index in [1.807, 2.05) is 43.5 Å². The highest BCUT2D eigenvalue weighted by Gasteiger charge is 2.29. The summed E-state index contributed by atoms with van der Waals surface area (Å²) in [4.78, 5) is 4.35. The van der Waals surface area contributed by atoms with Crippen molar-refractivity contribution in [1.29, 1.82) is 0 Å². The molecule has 1 fully saturated rings. The number of aryl methyl sites for hydroxylation is 1. The van der Waals surface area contributed by atoms with E-state index in [0.717, 1.165) is 30.5 Å². The molecule has 3 heteroatoms. The molecule has 1 unspecified atom stereocenters. The number of rotatable bonds is 4. The minimum absolute atomic E-state index is 0.149. The van der Waals surface area contributed by atoms with Gasteiger partial charge in [0, 0.05) is 24.0 Å². The second-order valence-electron chi connectivity index (χ2n) is 5.91.